The number of thioether (sulfide) groups is 1. The van der Waals surface area contributed by atoms with E-state index < -0.39 is 0 Å². The topological polar surface area (TPSA) is 0 Å². The van der Waals surface area contributed by atoms with Gasteiger partial charge in [-0.1, -0.05) is 26.7 Å². The summed E-state index contributed by atoms with van der Waals surface area (Å²) in [5.74, 6) is 2.16. The highest BCUT2D eigenvalue weighted by atomic mass is 32.2. The molecule has 2 saturated carbocycles. The molecule has 1 heterocycles. The van der Waals surface area contributed by atoms with Crippen LogP contribution in [0.1, 0.15) is 71.6 Å². The third-order valence-corrected chi connectivity index (χ3v) is 7.56. The lowest BCUT2D eigenvalue weighted by Crippen LogP contribution is -2.35. The van der Waals surface area contributed by atoms with Gasteiger partial charge >= 0.3 is 0 Å². The van der Waals surface area contributed by atoms with Gasteiger partial charge < -0.3 is 0 Å². The maximum absolute atomic E-state index is 2.49. The molecule has 0 aromatic heterocycles. The second-order valence-electron chi connectivity index (χ2n) is 7.49. The van der Waals surface area contributed by atoms with Gasteiger partial charge in [0.15, 0.2) is 0 Å². The second kappa shape index (κ2) is 4.79. The molecule has 3 rings (SSSR count). The Morgan fingerprint density at radius 2 is 1.47 bits per heavy atom. The molecule has 17 heavy (non-hydrogen) atoms. The quantitative estimate of drug-likeness (QED) is 0.566. The maximum atomic E-state index is 2.49. The van der Waals surface area contributed by atoms with E-state index >= 15 is 0 Å². The van der Waals surface area contributed by atoms with Crippen molar-refractivity contribution in [2.75, 3.05) is 0 Å². The monoisotopic (exact) mass is 252 g/mol. The van der Waals surface area contributed by atoms with Crippen molar-refractivity contribution in [3.63, 3.8) is 0 Å². The Bertz CT molecular complexity index is 245. The predicted octanol–water partition coefficient (Wildman–Crippen LogP) is 5.27. The second-order valence-corrected chi connectivity index (χ2v) is 8.98. The molecule has 4 unspecified atom stereocenters. The summed E-state index contributed by atoms with van der Waals surface area (Å²) in [6, 6.07) is 0. The molecule has 4 atom stereocenters. The van der Waals surface area contributed by atoms with Gasteiger partial charge in [0.2, 0.25) is 0 Å². The van der Waals surface area contributed by atoms with Crippen LogP contribution in [0.25, 0.3) is 0 Å². The average Bonchev–Trinajstić information content (AvgIpc) is 2.47. The Morgan fingerprint density at radius 1 is 0.824 bits per heavy atom. The molecule has 0 nitrogen and oxygen atoms in total. The van der Waals surface area contributed by atoms with Crippen LogP contribution in [0.15, 0.2) is 0 Å². The first-order valence-electron chi connectivity index (χ1n) is 7.79. The highest BCUT2D eigenvalue weighted by molar-refractivity contribution is 8.00. The zero-order valence-electron chi connectivity index (χ0n) is 11.6. The molecule has 0 aromatic rings. The van der Waals surface area contributed by atoms with Gasteiger partial charge in [-0.15, -0.1) is 0 Å². The molecule has 0 N–H and O–H groups in total. The Kier molecular flexibility index (Phi) is 3.49. The summed E-state index contributed by atoms with van der Waals surface area (Å²) < 4.78 is 0. The van der Waals surface area contributed by atoms with E-state index in [0.717, 1.165) is 22.3 Å². The third kappa shape index (κ3) is 2.69. The number of hydrogen-bond acceptors (Lipinski definition) is 1. The van der Waals surface area contributed by atoms with Crippen LogP contribution in [0.5, 0.6) is 0 Å². The summed E-state index contributed by atoms with van der Waals surface area (Å²) >= 11 is 2.41. The Hall–Kier alpha value is 0.350. The van der Waals surface area contributed by atoms with Gasteiger partial charge in [0, 0.05) is 10.5 Å². The van der Waals surface area contributed by atoms with Crippen LogP contribution in [-0.4, -0.2) is 10.5 Å². The minimum absolute atomic E-state index is 0.628. The van der Waals surface area contributed by atoms with Gasteiger partial charge in [0.25, 0.3) is 0 Å². The van der Waals surface area contributed by atoms with E-state index in [2.05, 4.69) is 25.6 Å². The van der Waals surface area contributed by atoms with Crippen molar-refractivity contribution in [2.45, 2.75) is 82.1 Å². The molecule has 0 aromatic carbocycles. The zero-order chi connectivity index (χ0) is 11.9. The molecule has 3 aliphatic rings. The van der Waals surface area contributed by atoms with Gasteiger partial charge in [-0.25, -0.2) is 0 Å². The third-order valence-electron chi connectivity index (χ3n) is 5.62. The van der Waals surface area contributed by atoms with E-state index in [4.69, 9.17) is 0 Å². The molecule has 0 bridgehead atoms. The maximum Gasteiger partial charge on any atom is 0.00785 e. The van der Waals surface area contributed by atoms with E-state index in [9.17, 15) is 0 Å². The van der Waals surface area contributed by atoms with E-state index in [-0.39, 0.29) is 0 Å². The molecule has 0 radical (unpaired) electrons. The van der Waals surface area contributed by atoms with Gasteiger partial charge in [-0.2, -0.15) is 11.8 Å². The standard InChI is InChI=1S/C16H28S/c1-16(2)9-7-13-11-12-5-3-4-6-14(12)17-15(13)8-10-16/h12-15H,3-11H2,1-2H3. The van der Waals surface area contributed by atoms with Crippen molar-refractivity contribution in [3.05, 3.63) is 0 Å². The van der Waals surface area contributed by atoms with E-state index in [1.54, 1.807) is 12.8 Å². The first kappa shape index (κ1) is 12.4. The summed E-state index contributed by atoms with van der Waals surface area (Å²) in [5.41, 5.74) is 0.628. The minimum Gasteiger partial charge on any atom is -0.155 e. The van der Waals surface area contributed by atoms with Crippen molar-refractivity contribution >= 4 is 11.8 Å². The molecule has 0 spiro atoms. The molecule has 98 valence electrons. The molecule has 1 aliphatic heterocycles. The summed E-state index contributed by atoms with van der Waals surface area (Å²) in [7, 11) is 0. The van der Waals surface area contributed by atoms with Gasteiger partial charge in [-0.05, 0) is 62.2 Å². The summed E-state index contributed by atoms with van der Waals surface area (Å²) in [4.78, 5) is 0. The highest BCUT2D eigenvalue weighted by Gasteiger charge is 2.40. The lowest BCUT2D eigenvalue weighted by Gasteiger charge is -2.43. The summed E-state index contributed by atoms with van der Waals surface area (Å²) in [6.07, 6.45) is 13.7. The van der Waals surface area contributed by atoms with Crippen LogP contribution in [0.2, 0.25) is 0 Å². The van der Waals surface area contributed by atoms with Gasteiger partial charge in [-0.3, -0.25) is 0 Å². The summed E-state index contributed by atoms with van der Waals surface area (Å²) in [6.45, 7) is 4.98. The average molecular weight is 252 g/mol. The van der Waals surface area contributed by atoms with Crippen LogP contribution in [0.3, 0.4) is 0 Å². The Labute approximate surface area is 111 Å². The molecule has 1 heteroatoms. The lowest BCUT2D eigenvalue weighted by atomic mass is 9.79. The van der Waals surface area contributed by atoms with Crippen molar-refractivity contribution in [2.24, 2.45) is 17.3 Å². The van der Waals surface area contributed by atoms with Crippen molar-refractivity contribution in [3.8, 4) is 0 Å². The van der Waals surface area contributed by atoms with Crippen LogP contribution in [0, 0.1) is 17.3 Å². The number of rotatable bonds is 0. The molecular weight excluding hydrogens is 224 g/mol. The normalized spacial score (nSPS) is 45.5. The van der Waals surface area contributed by atoms with E-state index in [0.29, 0.717) is 5.41 Å². The smallest absolute Gasteiger partial charge is 0.00785 e. The van der Waals surface area contributed by atoms with Crippen LogP contribution in [0.4, 0.5) is 0 Å². The van der Waals surface area contributed by atoms with E-state index in [1.165, 1.54) is 44.9 Å². The van der Waals surface area contributed by atoms with Crippen molar-refractivity contribution in [1.29, 1.82) is 0 Å². The fourth-order valence-corrected chi connectivity index (χ4v) is 6.28. The molecule has 1 saturated heterocycles. The van der Waals surface area contributed by atoms with Crippen LogP contribution < -0.4 is 0 Å². The fourth-order valence-electron chi connectivity index (χ4n) is 4.34. The Balaban J connectivity index is 1.68. The zero-order valence-corrected chi connectivity index (χ0v) is 12.4. The molecule has 3 fully saturated rings. The molecular formula is C16H28S. The summed E-state index contributed by atoms with van der Waals surface area (Å²) in [5, 5.41) is 2.07. The first-order chi connectivity index (χ1) is 8.14. The van der Waals surface area contributed by atoms with Gasteiger partial charge in [0.1, 0.15) is 0 Å². The van der Waals surface area contributed by atoms with Crippen molar-refractivity contribution in [1.82, 2.24) is 0 Å². The number of fused-ring (bicyclic) bond motifs is 2. The van der Waals surface area contributed by atoms with Gasteiger partial charge in [0.05, 0.1) is 0 Å². The van der Waals surface area contributed by atoms with Crippen LogP contribution in [-0.2, 0) is 0 Å². The fraction of sp³-hybridized carbons (Fsp3) is 1.00. The Morgan fingerprint density at radius 3 is 2.35 bits per heavy atom. The number of hydrogen-bond donors (Lipinski definition) is 0. The highest BCUT2D eigenvalue weighted by Crippen LogP contribution is 2.52. The SMILES string of the molecule is CC1(C)CCC2CC3CCCCC3SC2CC1. The lowest BCUT2D eigenvalue weighted by molar-refractivity contribution is 0.257. The molecule has 2 aliphatic carbocycles. The first-order valence-corrected chi connectivity index (χ1v) is 8.74. The predicted molar refractivity (Wildman–Crippen MR) is 77.5 cm³/mol. The van der Waals surface area contributed by atoms with Crippen molar-refractivity contribution < 1.29 is 0 Å². The van der Waals surface area contributed by atoms with E-state index in [1.807, 2.05) is 0 Å². The largest absolute Gasteiger partial charge is 0.155 e. The minimum atomic E-state index is 0.628. The van der Waals surface area contributed by atoms with Crippen LogP contribution >= 0.6 is 11.8 Å². The molecule has 0 amide bonds.